The fraction of sp³-hybridized carbons (Fsp3) is 0.524. The van der Waals surface area contributed by atoms with Crippen LogP contribution < -0.4 is 5.32 Å². The highest BCUT2D eigenvalue weighted by molar-refractivity contribution is 5.93. The number of hydrogen-bond donors (Lipinski definition) is 2. The first-order chi connectivity index (χ1) is 13.4. The van der Waals surface area contributed by atoms with Crippen molar-refractivity contribution in [2.75, 3.05) is 13.7 Å². The molecule has 2 atom stereocenters. The first kappa shape index (κ1) is 22.8. The summed E-state index contributed by atoms with van der Waals surface area (Å²) in [7, 11) is 1.54. The Morgan fingerprint density at radius 1 is 1.34 bits per heavy atom. The van der Waals surface area contributed by atoms with Gasteiger partial charge in [-0.3, -0.25) is 4.79 Å². The molecule has 2 N–H and O–H groups in total. The maximum atomic E-state index is 14.6. The summed E-state index contributed by atoms with van der Waals surface area (Å²) in [5.74, 6) is -3.79. The lowest BCUT2D eigenvalue weighted by atomic mass is 9.68. The van der Waals surface area contributed by atoms with Gasteiger partial charge in [0.1, 0.15) is 22.7 Å². The number of ether oxygens (including phenoxy) is 2. The summed E-state index contributed by atoms with van der Waals surface area (Å²) >= 11 is 0. The fourth-order valence-electron chi connectivity index (χ4n) is 3.59. The zero-order valence-corrected chi connectivity index (χ0v) is 17.3. The highest BCUT2D eigenvalue weighted by atomic mass is 19.1. The molecule has 1 aliphatic rings. The molecule has 29 heavy (non-hydrogen) atoms. The number of rotatable bonds is 7. The number of allylic oxidation sites excluding steroid dienone is 1. The van der Waals surface area contributed by atoms with Gasteiger partial charge in [-0.25, -0.2) is 13.6 Å². The van der Waals surface area contributed by atoms with Crippen LogP contribution in [0.2, 0.25) is 0 Å². The summed E-state index contributed by atoms with van der Waals surface area (Å²) in [6, 6.07) is 2.01. The second kappa shape index (κ2) is 8.49. The van der Waals surface area contributed by atoms with Gasteiger partial charge < -0.3 is 19.9 Å². The molecule has 0 saturated carbocycles. The van der Waals surface area contributed by atoms with E-state index < -0.39 is 40.6 Å². The van der Waals surface area contributed by atoms with Gasteiger partial charge in [0.25, 0.3) is 0 Å². The molecule has 0 amide bonds. The Morgan fingerprint density at radius 3 is 2.55 bits per heavy atom. The van der Waals surface area contributed by atoms with Crippen molar-refractivity contribution in [3.8, 4) is 0 Å². The Kier molecular flexibility index (Phi) is 6.67. The molecule has 1 aromatic rings. The second-order valence-corrected chi connectivity index (χ2v) is 7.94. The molecule has 0 radical (unpaired) electrons. The summed E-state index contributed by atoms with van der Waals surface area (Å²) in [4.78, 5) is 25.2. The minimum absolute atomic E-state index is 0.111. The SMILES string of the molecule is COCCC(C)(C)OC(=O)C1=C(C)NC(C)C(C(=O)O)(c2ccc(F)cc2F)C1. The third kappa shape index (κ3) is 4.58. The van der Waals surface area contributed by atoms with E-state index in [-0.39, 0.29) is 17.6 Å². The lowest BCUT2D eigenvalue weighted by Crippen LogP contribution is -2.56. The summed E-state index contributed by atoms with van der Waals surface area (Å²) in [5.41, 5.74) is -2.26. The molecule has 0 aliphatic carbocycles. The van der Waals surface area contributed by atoms with E-state index in [2.05, 4.69) is 5.32 Å². The Morgan fingerprint density at radius 2 is 2.00 bits per heavy atom. The van der Waals surface area contributed by atoms with Crippen LogP contribution in [-0.4, -0.2) is 42.4 Å². The third-order valence-electron chi connectivity index (χ3n) is 5.40. The second-order valence-electron chi connectivity index (χ2n) is 7.94. The first-order valence-electron chi connectivity index (χ1n) is 9.32. The van der Waals surface area contributed by atoms with Crippen LogP contribution in [0.15, 0.2) is 29.5 Å². The maximum Gasteiger partial charge on any atom is 0.336 e. The number of aliphatic carboxylic acids is 1. The maximum absolute atomic E-state index is 14.6. The van der Waals surface area contributed by atoms with E-state index in [0.717, 1.165) is 12.1 Å². The lowest BCUT2D eigenvalue weighted by molar-refractivity contribution is -0.154. The van der Waals surface area contributed by atoms with Gasteiger partial charge >= 0.3 is 11.9 Å². The van der Waals surface area contributed by atoms with Crippen molar-refractivity contribution in [1.82, 2.24) is 5.32 Å². The molecular formula is C21H27F2NO5. The fourth-order valence-corrected chi connectivity index (χ4v) is 3.59. The summed E-state index contributed by atoms with van der Waals surface area (Å²) in [6.07, 6.45) is 0.159. The molecule has 1 aliphatic heterocycles. The molecule has 1 heterocycles. The number of carbonyl (C=O) groups is 2. The van der Waals surface area contributed by atoms with Crippen molar-refractivity contribution in [2.24, 2.45) is 0 Å². The summed E-state index contributed by atoms with van der Waals surface area (Å²) < 4.78 is 38.6. The largest absolute Gasteiger partial charge is 0.481 e. The van der Waals surface area contributed by atoms with Crippen molar-refractivity contribution < 1.29 is 33.0 Å². The van der Waals surface area contributed by atoms with Crippen LogP contribution in [0.4, 0.5) is 8.78 Å². The average Bonchev–Trinajstić information content (AvgIpc) is 2.60. The number of halogens is 2. The van der Waals surface area contributed by atoms with Crippen molar-refractivity contribution in [1.29, 1.82) is 0 Å². The van der Waals surface area contributed by atoms with Crippen LogP contribution in [0.1, 0.15) is 46.1 Å². The molecule has 2 unspecified atom stereocenters. The van der Waals surface area contributed by atoms with E-state index in [1.54, 1.807) is 27.7 Å². The van der Waals surface area contributed by atoms with Gasteiger partial charge in [0.15, 0.2) is 0 Å². The number of methoxy groups -OCH3 is 1. The van der Waals surface area contributed by atoms with Crippen LogP contribution in [0, 0.1) is 11.6 Å². The van der Waals surface area contributed by atoms with Crippen molar-refractivity contribution in [3.05, 3.63) is 46.7 Å². The third-order valence-corrected chi connectivity index (χ3v) is 5.40. The van der Waals surface area contributed by atoms with E-state index in [0.29, 0.717) is 24.8 Å². The smallest absolute Gasteiger partial charge is 0.336 e. The van der Waals surface area contributed by atoms with Crippen LogP contribution in [0.3, 0.4) is 0 Å². The van der Waals surface area contributed by atoms with Crippen LogP contribution in [-0.2, 0) is 24.5 Å². The number of carbonyl (C=O) groups excluding carboxylic acids is 1. The van der Waals surface area contributed by atoms with E-state index in [9.17, 15) is 23.5 Å². The summed E-state index contributed by atoms with van der Waals surface area (Å²) in [5, 5.41) is 13.0. The number of carboxylic acid groups (broad SMARTS) is 1. The molecule has 0 spiro atoms. The van der Waals surface area contributed by atoms with Gasteiger partial charge in [-0.15, -0.1) is 0 Å². The molecule has 0 aromatic heterocycles. The van der Waals surface area contributed by atoms with E-state index in [1.807, 2.05) is 0 Å². The van der Waals surface area contributed by atoms with Gasteiger partial charge in [-0.2, -0.15) is 0 Å². The van der Waals surface area contributed by atoms with Crippen LogP contribution in [0.25, 0.3) is 0 Å². The molecular weight excluding hydrogens is 384 g/mol. The normalized spacial score (nSPS) is 22.2. The molecule has 6 nitrogen and oxygen atoms in total. The average molecular weight is 411 g/mol. The van der Waals surface area contributed by atoms with Gasteiger partial charge in [0, 0.05) is 49.9 Å². The van der Waals surface area contributed by atoms with Crippen LogP contribution in [0.5, 0.6) is 0 Å². The number of benzene rings is 1. The standard InChI is InChI=1S/C21H27F2NO5/c1-12-15(18(25)29-20(3,4)8-9-28-5)11-21(19(26)27,13(2)24-12)16-7-6-14(22)10-17(16)23/h6-7,10,13,24H,8-9,11H2,1-5H3,(H,26,27). The van der Waals surface area contributed by atoms with E-state index >= 15 is 0 Å². The molecule has 0 fully saturated rings. The van der Waals surface area contributed by atoms with E-state index in [1.165, 1.54) is 7.11 Å². The number of carboxylic acids is 1. The highest BCUT2D eigenvalue weighted by Crippen LogP contribution is 2.41. The molecule has 0 bridgehead atoms. The number of nitrogens with one attached hydrogen (secondary N) is 1. The lowest BCUT2D eigenvalue weighted by Gasteiger charge is -2.41. The van der Waals surface area contributed by atoms with Crippen molar-refractivity contribution >= 4 is 11.9 Å². The van der Waals surface area contributed by atoms with Gasteiger partial charge in [-0.1, -0.05) is 6.07 Å². The zero-order chi connectivity index (χ0) is 22.0. The van der Waals surface area contributed by atoms with Gasteiger partial charge in [0.05, 0.1) is 5.57 Å². The van der Waals surface area contributed by atoms with Crippen molar-refractivity contribution in [3.63, 3.8) is 0 Å². The molecule has 8 heteroatoms. The zero-order valence-electron chi connectivity index (χ0n) is 17.3. The minimum Gasteiger partial charge on any atom is -0.481 e. The molecule has 160 valence electrons. The number of hydrogen-bond acceptors (Lipinski definition) is 5. The van der Waals surface area contributed by atoms with Crippen molar-refractivity contribution in [2.45, 2.75) is 57.6 Å². The Bertz CT molecular complexity index is 836. The Balaban J connectivity index is 2.45. The van der Waals surface area contributed by atoms with Gasteiger partial charge in [0.2, 0.25) is 0 Å². The molecule has 2 rings (SSSR count). The van der Waals surface area contributed by atoms with E-state index in [4.69, 9.17) is 9.47 Å². The summed E-state index contributed by atoms with van der Waals surface area (Å²) in [6.45, 7) is 7.06. The topological polar surface area (TPSA) is 84.9 Å². The monoisotopic (exact) mass is 411 g/mol. The van der Waals surface area contributed by atoms with Crippen LogP contribution >= 0.6 is 0 Å². The minimum atomic E-state index is -1.80. The number of esters is 1. The predicted octanol–water partition coefficient (Wildman–Crippen LogP) is 3.30. The highest BCUT2D eigenvalue weighted by Gasteiger charge is 2.51. The Labute approximate surface area is 168 Å². The first-order valence-corrected chi connectivity index (χ1v) is 9.32. The van der Waals surface area contributed by atoms with Gasteiger partial charge in [-0.05, 0) is 33.8 Å². The molecule has 0 saturated heterocycles. The molecule has 1 aromatic carbocycles. The predicted molar refractivity (Wildman–Crippen MR) is 102 cm³/mol. The quantitative estimate of drug-likeness (QED) is 0.670. The Hall–Kier alpha value is -2.48.